The molecule has 4 rings (SSSR count). The number of rotatable bonds is 3. The topological polar surface area (TPSA) is 54.5 Å². The van der Waals surface area contributed by atoms with Crippen molar-refractivity contribution >= 4 is 27.0 Å². The van der Waals surface area contributed by atoms with Crippen LogP contribution in [0.5, 0.6) is 0 Å². The monoisotopic (exact) mass is 417 g/mol. The minimum Gasteiger partial charge on any atom is -0.314 e. The van der Waals surface area contributed by atoms with Crippen molar-refractivity contribution in [3.8, 4) is 0 Å². The lowest BCUT2D eigenvalue weighted by Crippen LogP contribution is -2.26. The van der Waals surface area contributed by atoms with Crippen LogP contribution in [0.4, 0.5) is 11.4 Å². The van der Waals surface area contributed by atoms with Crippen molar-refractivity contribution in [2.45, 2.75) is 32.6 Å². The van der Waals surface area contributed by atoms with Crippen LogP contribution in [0.1, 0.15) is 32.6 Å². The number of sulfone groups is 1. The molecule has 0 fully saturated rings. The van der Waals surface area contributed by atoms with E-state index in [1.54, 1.807) is 35.2 Å². The van der Waals surface area contributed by atoms with Crippen molar-refractivity contribution in [2.24, 2.45) is 0 Å². The molecule has 1 heterocycles. The van der Waals surface area contributed by atoms with Crippen molar-refractivity contribution in [1.29, 1.82) is 0 Å². The quantitative estimate of drug-likeness (QED) is 0.523. The summed E-state index contributed by atoms with van der Waals surface area (Å²) < 4.78 is 26.8. The summed E-state index contributed by atoms with van der Waals surface area (Å²) in [5, 5.41) is 0. The zero-order valence-electron chi connectivity index (χ0n) is 17.4. The Hall–Kier alpha value is -3.18. The van der Waals surface area contributed by atoms with Gasteiger partial charge in [0.25, 0.3) is 0 Å². The lowest BCUT2D eigenvalue weighted by molar-refractivity contribution is 0.104. The van der Waals surface area contributed by atoms with E-state index in [1.807, 2.05) is 58.0 Å². The van der Waals surface area contributed by atoms with Gasteiger partial charge in [-0.3, -0.25) is 4.79 Å². The molecule has 0 aromatic heterocycles. The first kappa shape index (κ1) is 20.1. The maximum atomic E-state index is 13.4. The Labute approximate surface area is 177 Å². The van der Waals surface area contributed by atoms with E-state index < -0.39 is 15.6 Å². The molecule has 0 atom stereocenters. The highest BCUT2D eigenvalue weighted by Gasteiger charge is 2.36. The Bertz CT molecular complexity index is 1320. The van der Waals surface area contributed by atoms with Gasteiger partial charge in [-0.05, 0) is 68.7 Å². The fraction of sp³-hybridized carbons (Fsp3) is 0.160. The van der Waals surface area contributed by atoms with E-state index in [1.165, 1.54) is 6.20 Å². The van der Waals surface area contributed by atoms with Crippen molar-refractivity contribution < 1.29 is 13.2 Å². The molecular formula is C25H23NO3S. The molecule has 30 heavy (non-hydrogen) atoms. The molecule has 1 aliphatic heterocycles. The Balaban J connectivity index is 1.94. The van der Waals surface area contributed by atoms with Gasteiger partial charge in [-0.2, -0.15) is 0 Å². The summed E-state index contributed by atoms with van der Waals surface area (Å²) in [6, 6.07) is 18.1. The van der Waals surface area contributed by atoms with Gasteiger partial charge in [0.05, 0.1) is 10.6 Å². The fourth-order valence-corrected chi connectivity index (χ4v) is 5.26. The van der Waals surface area contributed by atoms with Gasteiger partial charge in [-0.25, -0.2) is 8.42 Å². The molecule has 0 unspecified atom stereocenters. The smallest absolute Gasteiger partial charge is 0.214 e. The van der Waals surface area contributed by atoms with Crippen LogP contribution in [0.15, 0.2) is 76.7 Å². The van der Waals surface area contributed by atoms with Gasteiger partial charge in [0.2, 0.25) is 15.6 Å². The normalized spacial score (nSPS) is 14.8. The molecule has 0 aliphatic carbocycles. The number of hydrogen-bond donors (Lipinski definition) is 0. The standard InChI is InChI=1S/C25H23NO3S/c1-16-9-12-21(19(4)13-16)25(27)24-15-26(20-11-10-17(2)18(3)14-20)22-7-5-6-8-23(22)30(24,28)29/h5-15H,1-4H3. The second kappa shape index (κ2) is 7.26. The second-order valence-electron chi connectivity index (χ2n) is 7.75. The summed E-state index contributed by atoms with van der Waals surface area (Å²) in [6.45, 7) is 7.80. The molecule has 0 bridgehead atoms. The van der Waals surface area contributed by atoms with Crippen molar-refractivity contribution in [1.82, 2.24) is 0 Å². The van der Waals surface area contributed by atoms with Crippen LogP contribution >= 0.6 is 0 Å². The molecule has 152 valence electrons. The summed E-state index contributed by atoms with van der Waals surface area (Å²) in [4.78, 5) is 15.1. The number of allylic oxidation sites excluding steroid dienone is 1. The number of Topliss-reactive ketones (excluding diaryl/α,β-unsaturated/α-hetero) is 1. The Morgan fingerprint density at radius 2 is 1.53 bits per heavy atom. The van der Waals surface area contributed by atoms with Crippen LogP contribution < -0.4 is 4.90 Å². The minimum atomic E-state index is -3.95. The first-order chi connectivity index (χ1) is 14.2. The molecule has 0 spiro atoms. The summed E-state index contributed by atoms with van der Waals surface area (Å²) in [6.07, 6.45) is 1.46. The maximum Gasteiger partial charge on any atom is 0.214 e. The molecule has 5 heteroatoms. The first-order valence-corrected chi connectivity index (χ1v) is 11.2. The fourth-order valence-electron chi connectivity index (χ4n) is 3.73. The van der Waals surface area contributed by atoms with Crippen LogP contribution in [-0.4, -0.2) is 14.2 Å². The number of anilines is 2. The number of aryl methyl sites for hydroxylation is 4. The third kappa shape index (κ3) is 3.25. The second-order valence-corrected chi connectivity index (χ2v) is 9.64. The van der Waals surface area contributed by atoms with E-state index in [4.69, 9.17) is 0 Å². The van der Waals surface area contributed by atoms with E-state index >= 15 is 0 Å². The number of hydrogen-bond acceptors (Lipinski definition) is 4. The largest absolute Gasteiger partial charge is 0.314 e. The molecule has 3 aromatic rings. The predicted octanol–water partition coefficient (Wildman–Crippen LogP) is 5.57. The number of benzene rings is 3. The lowest BCUT2D eigenvalue weighted by atomic mass is 10.0. The van der Waals surface area contributed by atoms with Gasteiger partial charge >= 0.3 is 0 Å². The predicted molar refractivity (Wildman–Crippen MR) is 120 cm³/mol. The summed E-state index contributed by atoms with van der Waals surface area (Å²) >= 11 is 0. The summed E-state index contributed by atoms with van der Waals surface area (Å²) in [5.74, 6) is -0.490. The molecule has 0 saturated carbocycles. The van der Waals surface area contributed by atoms with Gasteiger partial charge in [-0.15, -0.1) is 0 Å². The molecule has 1 aliphatic rings. The van der Waals surface area contributed by atoms with Crippen LogP contribution in [0.2, 0.25) is 0 Å². The third-order valence-electron chi connectivity index (χ3n) is 5.57. The van der Waals surface area contributed by atoms with Gasteiger partial charge in [0.15, 0.2) is 0 Å². The molecule has 0 amide bonds. The van der Waals surface area contributed by atoms with Gasteiger partial charge < -0.3 is 4.90 Å². The summed E-state index contributed by atoms with van der Waals surface area (Å²) in [5.41, 5.74) is 5.76. The van der Waals surface area contributed by atoms with E-state index in [0.29, 0.717) is 11.3 Å². The van der Waals surface area contributed by atoms with Crippen LogP contribution in [0.3, 0.4) is 0 Å². The van der Waals surface area contributed by atoms with E-state index in [-0.39, 0.29) is 9.80 Å². The molecule has 4 nitrogen and oxygen atoms in total. The first-order valence-electron chi connectivity index (χ1n) is 9.74. The maximum absolute atomic E-state index is 13.4. The number of carbonyl (C=O) groups excluding carboxylic acids is 1. The Morgan fingerprint density at radius 1 is 0.800 bits per heavy atom. The zero-order chi connectivity index (χ0) is 21.6. The SMILES string of the molecule is Cc1ccc(C(=O)C2=CN(c3ccc(C)c(C)c3)c3ccccc3S2(=O)=O)c(C)c1. The Morgan fingerprint density at radius 3 is 2.23 bits per heavy atom. The van der Waals surface area contributed by atoms with Crippen molar-refractivity contribution in [3.63, 3.8) is 0 Å². The van der Waals surface area contributed by atoms with Crippen LogP contribution in [0, 0.1) is 27.7 Å². The number of nitrogens with zero attached hydrogens (tertiary/aromatic N) is 1. The van der Waals surface area contributed by atoms with E-state index in [0.717, 1.165) is 27.9 Å². The molecule has 3 aromatic carbocycles. The van der Waals surface area contributed by atoms with E-state index in [9.17, 15) is 13.2 Å². The number of fused-ring (bicyclic) bond motifs is 1. The average molecular weight is 418 g/mol. The molecule has 0 N–H and O–H groups in total. The van der Waals surface area contributed by atoms with Gasteiger partial charge in [0.1, 0.15) is 4.91 Å². The van der Waals surface area contributed by atoms with Crippen molar-refractivity contribution in [3.05, 3.63) is 99.6 Å². The number of para-hydroxylation sites is 1. The Kier molecular flexibility index (Phi) is 4.86. The van der Waals surface area contributed by atoms with Gasteiger partial charge in [0, 0.05) is 17.5 Å². The van der Waals surface area contributed by atoms with Crippen molar-refractivity contribution in [2.75, 3.05) is 4.90 Å². The lowest BCUT2D eigenvalue weighted by Gasteiger charge is -2.29. The minimum absolute atomic E-state index is 0.138. The molecule has 0 radical (unpaired) electrons. The van der Waals surface area contributed by atoms with E-state index in [2.05, 4.69) is 0 Å². The van der Waals surface area contributed by atoms with Gasteiger partial charge in [-0.1, -0.05) is 42.0 Å². The summed E-state index contributed by atoms with van der Waals surface area (Å²) in [7, 11) is -3.95. The molecule has 0 saturated heterocycles. The highest BCUT2D eigenvalue weighted by molar-refractivity contribution is 7.96. The number of carbonyl (C=O) groups is 1. The zero-order valence-corrected chi connectivity index (χ0v) is 18.2. The van der Waals surface area contributed by atoms with Crippen LogP contribution in [-0.2, 0) is 9.84 Å². The highest BCUT2D eigenvalue weighted by Crippen LogP contribution is 2.40. The third-order valence-corrected chi connectivity index (χ3v) is 7.36. The number of ketones is 1. The highest BCUT2D eigenvalue weighted by atomic mass is 32.2. The average Bonchev–Trinajstić information content (AvgIpc) is 2.70. The molecular weight excluding hydrogens is 394 g/mol. The van der Waals surface area contributed by atoms with Crippen LogP contribution in [0.25, 0.3) is 0 Å².